The number of carbonyl (C=O) groups excluding carboxylic acids is 2. The number of aromatic nitrogens is 1. The zero-order valence-corrected chi connectivity index (χ0v) is 17.2. The number of urea groups is 1. The van der Waals surface area contributed by atoms with Crippen molar-refractivity contribution >= 4 is 23.4 Å². The highest BCUT2D eigenvalue weighted by Gasteiger charge is 2.19. The molecule has 2 saturated heterocycles. The van der Waals surface area contributed by atoms with Gasteiger partial charge in [-0.3, -0.25) is 4.79 Å². The summed E-state index contributed by atoms with van der Waals surface area (Å²) in [6.07, 6.45) is 2.09. The third-order valence-corrected chi connectivity index (χ3v) is 5.59. The standard InChI is InChI=1S/C22H27N5O3/c1-15-4-5-17(24-22(29)27-6-2-3-7-27)14-18(15)16-12-19(21(23)28)25-20(13-16)26-8-10-30-11-9-26/h4-5,12-14H,2-3,6-11H2,1H3,(H2,23,28)(H,24,29). The molecule has 3 amide bonds. The molecule has 2 aliphatic heterocycles. The van der Waals surface area contributed by atoms with Crippen LogP contribution in [0.1, 0.15) is 28.9 Å². The molecule has 0 saturated carbocycles. The minimum Gasteiger partial charge on any atom is -0.378 e. The summed E-state index contributed by atoms with van der Waals surface area (Å²) >= 11 is 0. The molecule has 2 aromatic rings. The van der Waals surface area contributed by atoms with Gasteiger partial charge in [0, 0.05) is 31.9 Å². The lowest BCUT2D eigenvalue weighted by atomic mass is 9.99. The molecule has 3 heterocycles. The van der Waals surface area contributed by atoms with Gasteiger partial charge >= 0.3 is 6.03 Å². The summed E-state index contributed by atoms with van der Waals surface area (Å²) in [4.78, 5) is 32.8. The van der Waals surface area contributed by atoms with Crippen LogP contribution in [0.3, 0.4) is 0 Å². The Hall–Kier alpha value is -3.13. The molecule has 0 spiro atoms. The normalized spacial score (nSPS) is 16.6. The number of hydrogen-bond donors (Lipinski definition) is 2. The zero-order valence-electron chi connectivity index (χ0n) is 17.2. The number of rotatable bonds is 4. The lowest BCUT2D eigenvalue weighted by molar-refractivity contribution is 0.0995. The zero-order chi connectivity index (χ0) is 21.1. The lowest BCUT2D eigenvalue weighted by Crippen LogP contribution is -2.37. The molecule has 4 rings (SSSR count). The Morgan fingerprint density at radius 1 is 1.07 bits per heavy atom. The van der Waals surface area contributed by atoms with Gasteiger partial charge in [0.05, 0.1) is 13.2 Å². The van der Waals surface area contributed by atoms with E-state index in [2.05, 4.69) is 15.2 Å². The molecule has 1 aromatic heterocycles. The number of aryl methyl sites for hydroxylation is 1. The molecular formula is C22H27N5O3. The summed E-state index contributed by atoms with van der Waals surface area (Å²) in [5.74, 6) is 0.137. The first-order valence-corrected chi connectivity index (χ1v) is 10.3. The van der Waals surface area contributed by atoms with Crippen LogP contribution in [0.4, 0.5) is 16.3 Å². The van der Waals surface area contributed by atoms with Gasteiger partial charge < -0.3 is 25.6 Å². The predicted octanol–water partition coefficient (Wildman–Crippen LogP) is 2.62. The van der Waals surface area contributed by atoms with Crippen LogP contribution in [0.25, 0.3) is 11.1 Å². The van der Waals surface area contributed by atoms with Crippen LogP contribution in [-0.4, -0.2) is 61.2 Å². The Morgan fingerprint density at radius 2 is 1.80 bits per heavy atom. The van der Waals surface area contributed by atoms with Gasteiger partial charge in [0.25, 0.3) is 5.91 Å². The first-order valence-electron chi connectivity index (χ1n) is 10.3. The van der Waals surface area contributed by atoms with E-state index in [-0.39, 0.29) is 11.7 Å². The maximum Gasteiger partial charge on any atom is 0.321 e. The van der Waals surface area contributed by atoms with Gasteiger partial charge in [-0.05, 0) is 60.7 Å². The first-order chi connectivity index (χ1) is 14.5. The average Bonchev–Trinajstić information content (AvgIpc) is 3.30. The van der Waals surface area contributed by atoms with Crippen LogP contribution < -0.4 is 16.0 Å². The second-order valence-electron chi connectivity index (χ2n) is 7.72. The SMILES string of the molecule is Cc1ccc(NC(=O)N2CCCC2)cc1-c1cc(C(N)=O)nc(N2CCOCC2)c1. The molecule has 158 valence electrons. The van der Waals surface area contributed by atoms with Crippen LogP contribution in [0.2, 0.25) is 0 Å². The van der Waals surface area contributed by atoms with Crippen molar-refractivity contribution in [1.29, 1.82) is 0 Å². The fourth-order valence-corrected chi connectivity index (χ4v) is 3.89. The van der Waals surface area contributed by atoms with Gasteiger partial charge in [-0.15, -0.1) is 0 Å². The summed E-state index contributed by atoms with van der Waals surface area (Å²) in [6, 6.07) is 9.39. The summed E-state index contributed by atoms with van der Waals surface area (Å²) in [5.41, 5.74) is 9.30. The molecule has 0 aliphatic carbocycles. The third-order valence-electron chi connectivity index (χ3n) is 5.59. The summed E-state index contributed by atoms with van der Waals surface area (Å²) in [6.45, 7) is 6.24. The Labute approximate surface area is 176 Å². The molecule has 2 fully saturated rings. The average molecular weight is 409 g/mol. The highest BCUT2D eigenvalue weighted by Crippen LogP contribution is 2.30. The molecule has 3 N–H and O–H groups in total. The molecule has 1 aromatic carbocycles. The highest BCUT2D eigenvalue weighted by atomic mass is 16.5. The van der Waals surface area contributed by atoms with Crippen molar-refractivity contribution in [2.75, 3.05) is 49.6 Å². The molecule has 0 bridgehead atoms. The number of carbonyl (C=O) groups is 2. The number of nitrogens with two attached hydrogens (primary N) is 1. The number of pyridine rings is 1. The van der Waals surface area contributed by atoms with Crippen molar-refractivity contribution in [3.8, 4) is 11.1 Å². The van der Waals surface area contributed by atoms with Crippen LogP contribution >= 0.6 is 0 Å². The second-order valence-corrected chi connectivity index (χ2v) is 7.72. The smallest absolute Gasteiger partial charge is 0.321 e. The first kappa shape index (κ1) is 20.2. The van der Waals surface area contributed by atoms with Crippen LogP contribution in [-0.2, 0) is 4.74 Å². The lowest BCUT2D eigenvalue weighted by Gasteiger charge is -2.28. The van der Waals surface area contributed by atoms with E-state index >= 15 is 0 Å². The number of ether oxygens (including phenoxy) is 1. The number of benzene rings is 1. The summed E-state index contributed by atoms with van der Waals surface area (Å²) in [5, 5.41) is 2.99. The summed E-state index contributed by atoms with van der Waals surface area (Å²) < 4.78 is 5.42. The van der Waals surface area contributed by atoms with Crippen molar-refractivity contribution in [3.63, 3.8) is 0 Å². The fraction of sp³-hybridized carbons (Fsp3) is 0.409. The van der Waals surface area contributed by atoms with E-state index < -0.39 is 5.91 Å². The molecule has 8 nitrogen and oxygen atoms in total. The molecule has 8 heteroatoms. The number of nitrogens with zero attached hydrogens (tertiary/aromatic N) is 3. The van der Waals surface area contributed by atoms with Crippen LogP contribution in [0.15, 0.2) is 30.3 Å². The molecule has 0 radical (unpaired) electrons. The molecule has 30 heavy (non-hydrogen) atoms. The van der Waals surface area contributed by atoms with Gasteiger partial charge in [0.15, 0.2) is 0 Å². The summed E-state index contributed by atoms with van der Waals surface area (Å²) in [7, 11) is 0. The van der Waals surface area contributed by atoms with Gasteiger partial charge in [0.2, 0.25) is 0 Å². The highest BCUT2D eigenvalue weighted by molar-refractivity contribution is 5.94. The largest absolute Gasteiger partial charge is 0.378 e. The number of anilines is 2. The van der Waals surface area contributed by atoms with E-state index in [1.807, 2.05) is 36.1 Å². The number of nitrogens with one attached hydrogen (secondary N) is 1. The molecule has 0 atom stereocenters. The Kier molecular flexibility index (Phi) is 5.85. The van der Waals surface area contributed by atoms with Crippen molar-refractivity contribution in [2.45, 2.75) is 19.8 Å². The molecule has 2 aliphatic rings. The van der Waals surface area contributed by atoms with E-state index in [1.165, 1.54) is 0 Å². The Bertz CT molecular complexity index is 950. The van der Waals surface area contributed by atoms with Gasteiger partial charge in [-0.25, -0.2) is 9.78 Å². The minimum absolute atomic E-state index is 0.0798. The van der Waals surface area contributed by atoms with E-state index in [1.54, 1.807) is 6.07 Å². The minimum atomic E-state index is -0.567. The van der Waals surface area contributed by atoms with Gasteiger partial charge in [-0.2, -0.15) is 0 Å². The monoisotopic (exact) mass is 409 g/mol. The van der Waals surface area contributed by atoms with E-state index in [0.717, 1.165) is 48.3 Å². The van der Waals surface area contributed by atoms with Gasteiger partial charge in [0.1, 0.15) is 11.5 Å². The number of primary amides is 1. The third kappa shape index (κ3) is 4.38. The van der Waals surface area contributed by atoms with Crippen molar-refractivity contribution < 1.29 is 14.3 Å². The predicted molar refractivity (Wildman–Crippen MR) is 116 cm³/mol. The molecule has 0 unspecified atom stereocenters. The maximum absolute atomic E-state index is 12.5. The number of hydrogen-bond acceptors (Lipinski definition) is 5. The van der Waals surface area contributed by atoms with E-state index in [0.29, 0.717) is 32.1 Å². The molecular weight excluding hydrogens is 382 g/mol. The van der Waals surface area contributed by atoms with Crippen molar-refractivity contribution in [2.24, 2.45) is 5.73 Å². The van der Waals surface area contributed by atoms with Crippen molar-refractivity contribution in [1.82, 2.24) is 9.88 Å². The van der Waals surface area contributed by atoms with Crippen molar-refractivity contribution in [3.05, 3.63) is 41.6 Å². The second kappa shape index (κ2) is 8.71. The fourth-order valence-electron chi connectivity index (χ4n) is 3.89. The van der Waals surface area contributed by atoms with E-state index in [4.69, 9.17) is 10.5 Å². The number of likely N-dealkylation sites (tertiary alicyclic amines) is 1. The Balaban J connectivity index is 1.67. The van der Waals surface area contributed by atoms with Crippen LogP contribution in [0, 0.1) is 6.92 Å². The number of morpholine rings is 1. The Morgan fingerprint density at radius 3 is 2.50 bits per heavy atom. The van der Waals surface area contributed by atoms with E-state index in [9.17, 15) is 9.59 Å². The number of amides is 3. The van der Waals surface area contributed by atoms with Crippen LogP contribution in [0.5, 0.6) is 0 Å². The maximum atomic E-state index is 12.5. The van der Waals surface area contributed by atoms with Gasteiger partial charge in [-0.1, -0.05) is 6.07 Å². The topological polar surface area (TPSA) is 101 Å². The quantitative estimate of drug-likeness (QED) is 0.808.